The molecule has 3 aromatic rings. The summed E-state index contributed by atoms with van der Waals surface area (Å²) in [5, 5.41) is 0. The third kappa shape index (κ3) is 3.85. The Bertz CT molecular complexity index is 1140. The minimum Gasteiger partial charge on any atom is -0.472 e. The van der Waals surface area contributed by atoms with E-state index in [1.54, 1.807) is 12.4 Å². The predicted octanol–water partition coefficient (Wildman–Crippen LogP) is 4.54. The van der Waals surface area contributed by atoms with Crippen LogP contribution in [0.3, 0.4) is 0 Å². The maximum atomic E-state index is 13.9. The summed E-state index contributed by atoms with van der Waals surface area (Å²) < 4.78 is 6.29. The first-order valence-electron chi connectivity index (χ1n) is 11.3. The van der Waals surface area contributed by atoms with Crippen molar-refractivity contribution < 1.29 is 9.53 Å². The average Bonchev–Trinajstić information content (AvgIpc) is 2.81. The number of amides is 1. The normalized spacial score (nSPS) is 22.1. The zero-order valence-corrected chi connectivity index (χ0v) is 18.8. The van der Waals surface area contributed by atoms with Crippen molar-refractivity contribution in [2.24, 2.45) is 5.92 Å². The first-order valence-corrected chi connectivity index (χ1v) is 11.3. The Kier molecular flexibility index (Phi) is 5.37. The number of aromatic nitrogens is 3. The van der Waals surface area contributed by atoms with Crippen LogP contribution in [-0.4, -0.2) is 44.4 Å². The molecule has 1 saturated carbocycles. The van der Waals surface area contributed by atoms with Crippen molar-refractivity contribution in [2.45, 2.75) is 52.2 Å². The van der Waals surface area contributed by atoms with E-state index >= 15 is 0 Å². The largest absolute Gasteiger partial charge is 0.472 e. The van der Waals surface area contributed by atoms with Crippen LogP contribution < -0.4 is 4.74 Å². The number of pyridine rings is 3. The summed E-state index contributed by atoms with van der Waals surface area (Å²) in [6.45, 7) is 6.74. The number of nitrogens with zero attached hydrogens (tertiary/aromatic N) is 4. The Morgan fingerprint density at radius 3 is 2.59 bits per heavy atom. The number of aryl methyl sites for hydroxylation is 3. The molecule has 1 amide bonds. The molecule has 0 spiro atoms. The fourth-order valence-corrected chi connectivity index (χ4v) is 4.98. The Hall–Kier alpha value is -3.28. The van der Waals surface area contributed by atoms with E-state index in [1.807, 2.05) is 62.2 Å². The van der Waals surface area contributed by atoms with Crippen LogP contribution in [0.2, 0.25) is 0 Å². The fourth-order valence-electron chi connectivity index (χ4n) is 4.98. The Morgan fingerprint density at radius 2 is 1.84 bits per heavy atom. The van der Waals surface area contributed by atoms with Gasteiger partial charge in [0, 0.05) is 31.2 Å². The molecule has 6 heteroatoms. The standard InChI is InChI=1S/C26H28N4O2/c1-16-6-9-23(28-13-16)32-22-12-19-7-8-21(22)30(15-19)26(31)20-11-17(2)14-29-25(20)24-18(3)5-4-10-27-24/h4-6,9-11,13-14,19,21-22H,7-8,12,15H2,1-3H3. The summed E-state index contributed by atoms with van der Waals surface area (Å²) in [5.74, 6) is 1.08. The zero-order chi connectivity index (χ0) is 22.2. The van der Waals surface area contributed by atoms with Crippen molar-refractivity contribution in [1.82, 2.24) is 19.9 Å². The van der Waals surface area contributed by atoms with Crippen LogP contribution in [0.4, 0.5) is 0 Å². The number of carbonyl (C=O) groups is 1. The number of fused-ring (bicyclic) bond motifs is 3. The third-order valence-electron chi connectivity index (χ3n) is 6.63. The van der Waals surface area contributed by atoms with Crippen molar-refractivity contribution >= 4 is 5.91 Å². The van der Waals surface area contributed by atoms with E-state index in [2.05, 4.69) is 15.0 Å². The van der Waals surface area contributed by atoms with Crippen LogP contribution in [-0.2, 0) is 0 Å². The maximum Gasteiger partial charge on any atom is 0.256 e. The Morgan fingerprint density at radius 1 is 1.00 bits per heavy atom. The van der Waals surface area contributed by atoms with Crippen LogP contribution in [0.1, 0.15) is 46.3 Å². The van der Waals surface area contributed by atoms with Crippen LogP contribution in [0.25, 0.3) is 11.4 Å². The van der Waals surface area contributed by atoms with Gasteiger partial charge in [-0.25, -0.2) is 4.98 Å². The quantitative estimate of drug-likeness (QED) is 0.610. The van der Waals surface area contributed by atoms with Crippen molar-refractivity contribution in [3.05, 3.63) is 71.2 Å². The molecule has 6 nitrogen and oxygen atoms in total. The van der Waals surface area contributed by atoms with E-state index in [9.17, 15) is 4.79 Å². The monoisotopic (exact) mass is 428 g/mol. The molecule has 1 aliphatic carbocycles. The van der Waals surface area contributed by atoms with Gasteiger partial charge in [-0.2, -0.15) is 0 Å². The molecule has 2 saturated heterocycles. The fraction of sp³-hybridized carbons (Fsp3) is 0.385. The molecule has 164 valence electrons. The summed E-state index contributed by atoms with van der Waals surface area (Å²) in [6, 6.07) is 9.80. The lowest BCUT2D eigenvalue weighted by Crippen LogP contribution is -2.59. The SMILES string of the molecule is Cc1ccc(OC2CC3CCC2N(C(=O)c2cc(C)cnc2-c2ncccc2C)C3)nc1. The predicted molar refractivity (Wildman–Crippen MR) is 122 cm³/mol. The molecule has 6 rings (SSSR count). The summed E-state index contributed by atoms with van der Waals surface area (Å²) in [5.41, 5.74) is 5.09. The molecule has 0 aromatic carbocycles. The first kappa shape index (κ1) is 20.6. The molecule has 3 unspecified atom stereocenters. The number of ether oxygens (including phenoxy) is 1. The van der Waals surface area contributed by atoms with Gasteiger partial charge in [0.15, 0.2) is 0 Å². The van der Waals surface area contributed by atoms with Gasteiger partial charge in [-0.15, -0.1) is 0 Å². The van der Waals surface area contributed by atoms with E-state index in [4.69, 9.17) is 4.74 Å². The van der Waals surface area contributed by atoms with Crippen LogP contribution >= 0.6 is 0 Å². The van der Waals surface area contributed by atoms with Gasteiger partial charge in [0.25, 0.3) is 5.91 Å². The molecule has 2 bridgehead atoms. The van der Waals surface area contributed by atoms with Gasteiger partial charge in [-0.05, 0) is 74.8 Å². The first-order chi connectivity index (χ1) is 15.5. The molecule has 2 aliphatic heterocycles. The van der Waals surface area contributed by atoms with E-state index in [-0.39, 0.29) is 18.1 Å². The van der Waals surface area contributed by atoms with Crippen molar-refractivity contribution in [1.29, 1.82) is 0 Å². The highest BCUT2D eigenvalue weighted by Crippen LogP contribution is 2.38. The number of piperidine rings is 2. The van der Waals surface area contributed by atoms with Crippen LogP contribution in [0.15, 0.2) is 48.9 Å². The lowest BCUT2D eigenvalue weighted by atomic mass is 9.77. The van der Waals surface area contributed by atoms with Gasteiger partial charge in [0.1, 0.15) is 11.8 Å². The molecule has 0 N–H and O–H groups in total. The number of carbonyl (C=O) groups excluding carboxylic acids is 1. The number of hydrogen-bond acceptors (Lipinski definition) is 5. The van der Waals surface area contributed by atoms with Gasteiger partial charge in [0.05, 0.1) is 17.3 Å². The lowest BCUT2D eigenvalue weighted by Gasteiger charge is -2.49. The zero-order valence-electron chi connectivity index (χ0n) is 18.8. The molecule has 3 atom stereocenters. The van der Waals surface area contributed by atoms with Gasteiger partial charge in [0.2, 0.25) is 5.88 Å². The summed E-state index contributed by atoms with van der Waals surface area (Å²) >= 11 is 0. The van der Waals surface area contributed by atoms with Gasteiger partial charge >= 0.3 is 0 Å². The summed E-state index contributed by atoms with van der Waals surface area (Å²) in [6.07, 6.45) is 8.37. The molecule has 5 heterocycles. The van der Waals surface area contributed by atoms with Gasteiger partial charge in [-0.3, -0.25) is 14.8 Å². The molecule has 3 fully saturated rings. The second-order valence-corrected chi connectivity index (χ2v) is 9.11. The van der Waals surface area contributed by atoms with E-state index < -0.39 is 0 Å². The van der Waals surface area contributed by atoms with E-state index in [0.29, 0.717) is 23.1 Å². The minimum atomic E-state index is -0.0422. The van der Waals surface area contributed by atoms with Crippen molar-refractivity contribution in [2.75, 3.05) is 6.54 Å². The van der Waals surface area contributed by atoms with Crippen LogP contribution in [0.5, 0.6) is 5.88 Å². The maximum absolute atomic E-state index is 13.9. The molecule has 0 radical (unpaired) electrons. The Labute approximate surface area is 188 Å². The molecular weight excluding hydrogens is 400 g/mol. The highest BCUT2D eigenvalue weighted by Gasteiger charge is 2.45. The van der Waals surface area contributed by atoms with Crippen molar-refractivity contribution in [3.8, 4) is 17.3 Å². The van der Waals surface area contributed by atoms with Crippen LogP contribution in [0, 0.1) is 26.7 Å². The summed E-state index contributed by atoms with van der Waals surface area (Å²) in [4.78, 5) is 29.5. The average molecular weight is 429 g/mol. The molecule has 3 aliphatic rings. The molecular formula is C26H28N4O2. The van der Waals surface area contributed by atoms with E-state index in [1.165, 1.54) is 0 Å². The molecule has 3 aromatic heterocycles. The lowest BCUT2D eigenvalue weighted by molar-refractivity contribution is -0.0313. The second kappa shape index (κ2) is 8.34. The number of rotatable bonds is 4. The third-order valence-corrected chi connectivity index (χ3v) is 6.63. The number of hydrogen-bond donors (Lipinski definition) is 0. The summed E-state index contributed by atoms with van der Waals surface area (Å²) in [7, 11) is 0. The molecule has 32 heavy (non-hydrogen) atoms. The smallest absolute Gasteiger partial charge is 0.256 e. The topological polar surface area (TPSA) is 68.2 Å². The highest BCUT2D eigenvalue weighted by atomic mass is 16.5. The van der Waals surface area contributed by atoms with Crippen molar-refractivity contribution in [3.63, 3.8) is 0 Å². The second-order valence-electron chi connectivity index (χ2n) is 9.11. The van der Waals surface area contributed by atoms with Gasteiger partial charge in [-0.1, -0.05) is 12.1 Å². The van der Waals surface area contributed by atoms with E-state index in [0.717, 1.165) is 48.2 Å². The Balaban J connectivity index is 1.46. The highest BCUT2D eigenvalue weighted by molar-refractivity contribution is 6.00. The van der Waals surface area contributed by atoms with Gasteiger partial charge < -0.3 is 9.64 Å². The minimum absolute atomic E-state index is 0.0149.